The molecule has 0 atom stereocenters. The fourth-order valence-corrected chi connectivity index (χ4v) is 2.30. The largest absolute Gasteiger partial charge is 0.321 e. The lowest BCUT2D eigenvalue weighted by atomic mass is 10.2. The molecule has 0 aliphatic rings. The molecule has 1 heterocycles. The lowest BCUT2D eigenvalue weighted by Gasteiger charge is -2.08. The van der Waals surface area contributed by atoms with Crippen LogP contribution in [0.3, 0.4) is 0 Å². The summed E-state index contributed by atoms with van der Waals surface area (Å²) >= 11 is 0. The van der Waals surface area contributed by atoms with Crippen molar-refractivity contribution in [1.82, 2.24) is 4.98 Å². The molecule has 0 saturated heterocycles. The fourth-order valence-electron chi connectivity index (χ4n) is 2.30. The van der Waals surface area contributed by atoms with E-state index >= 15 is 0 Å². The molecule has 0 spiro atoms. The molecule has 2 amide bonds. The minimum absolute atomic E-state index is 0.0125. The number of nitrogens with one attached hydrogen (secondary N) is 2. The van der Waals surface area contributed by atoms with E-state index in [9.17, 15) is 14.0 Å². The molecule has 2 N–H and O–H groups in total. The SMILES string of the molecule is N#Cc1cccc(NC(=O)c2cccc(C(=O)Nc3ccccc3F)n2)c1. The number of hydrogen-bond acceptors (Lipinski definition) is 4. The van der Waals surface area contributed by atoms with E-state index in [4.69, 9.17) is 5.26 Å². The minimum atomic E-state index is -0.638. The van der Waals surface area contributed by atoms with Crippen molar-refractivity contribution >= 4 is 23.2 Å². The zero-order chi connectivity index (χ0) is 19.2. The standard InChI is InChI=1S/C20H13FN4O2/c21-15-7-1-2-8-16(15)25-20(27)18-10-4-9-17(24-18)19(26)23-14-6-3-5-13(11-14)12-22/h1-11H,(H,23,26)(H,25,27). The van der Waals surface area contributed by atoms with Gasteiger partial charge in [0.1, 0.15) is 17.2 Å². The monoisotopic (exact) mass is 360 g/mol. The normalized spacial score (nSPS) is 9.93. The highest BCUT2D eigenvalue weighted by Gasteiger charge is 2.14. The maximum atomic E-state index is 13.7. The van der Waals surface area contributed by atoms with E-state index in [1.807, 2.05) is 6.07 Å². The number of carbonyl (C=O) groups is 2. The van der Waals surface area contributed by atoms with Crippen LogP contribution in [0.15, 0.2) is 66.7 Å². The Hall–Kier alpha value is -4.05. The van der Waals surface area contributed by atoms with Crippen LogP contribution >= 0.6 is 0 Å². The first kappa shape index (κ1) is 17.8. The van der Waals surface area contributed by atoms with E-state index in [1.54, 1.807) is 24.3 Å². The molecule has 0 saturated carbocycles. The number of anilines is 2. The van der Waals surface area contributed by atoms with Crippen LogP contribution in [0.4, 0.5) is 15.8 Å². The maximum Gasteiger partial charge on any atom is 0.274 e. The number of rotatable bonds is 4. The summed E-state index contributed by atoms with van der Waals surface area (Å²) in [5, 5.41) is 13.9. The number of nitriles is 1. The van der Waals surface area contributed by atoms with Crippen LogP contribution < -0.4 is 10.6 Å². The predicted octanol–water partition coefficient (Wildman–Crippen LogP) is 3.60. The van der Waals surface area contributed by atoms with Gasteiger partial charge in [-0.2, -0.15) is 5.26 Å². The molecular weight excluding hydrogens is 347 g/mol. The topological polar surface area (TPSA) is 94.9 Å². The van der Waals surface area contributed by atoms with Crippen molar-refractivity contribution in [3.63, 3.8) is 0 Å². The van der Waals surface area contributed by atoms with Crippen LogP contribution in [0, 0.1) is 17.1 Å². The Labute approximate surface area is 154 Å². The van der Waals surface area contributed by atoms with E-state index < -0.39 is 17.6 Å². The minimum Gasteiger partial charge on any atom is -0.321 e. The van der Waals surface area contributed by atoms with Gasteiger partial charge < -0.3 is 10.6 Å². The van der Waals surface area contributed by atoms with Gasteiger partial charge >= 0.3 is 0 Å². The number of para-hydroxylation sites is 1. The van der Waals surface area contributed by atoms with Gasteiger partial charge in [-0.1, -0.05) is 24.3 Å². The highest BCUT2D eigenvalue weighted by atomic mass is 19.1. The zero-order valence-corrected chi connectivity index (χ0v) is 13.9. The number of pyridine rings is 1. The molecule has 3 rings (SSSR count). The van der Waals surface area contributed by atoms with Crippen molar-refractivity contribution in [3.05, 3.63) is 89.5 Å². The highest BCUT2D eigenvalue weighted by Crippen LogP contribution is 2.14. The van der Waals surface area contributed by atoms with Gasteiger partial charge in [-0.15, -0.1) is 0 Å². The first-order valence-electron chi connectivity index (χ1n) is 7.91. The van der Waals surface area contributed by atoms with E-state index in [0.717, 1.165) is 0 Å². The number of halogens is 1. The average molecular weight is 360 g/mol. The highest BCUT2D eigenvalue weighted by molar-refractivity contribution is 6.06. The smallest absolute Gasteiger partial charge is 0.274 e. The van der Waals surface area contributed by atoms with Crippen LogP contribution in [-0.2, 0) is 0 Å². The molecule has 0 unspecified atom stereocenters. The molecule has 0 fully saturated rings. The second-order valence-electron chi connectivity index (χ2n) is 5.49. The van der Waals surface area contributed by atoms with E-state index in [1.165, 1.54) is 42.5 Å². The van der Waals surface area contributed by atoms with Crippen molar-refractivity contribution in [2.45, 2.75) is 0 Å². The van der Waals surface area contributed by atoms with Crippen LogP contribution in [0.2, 0.25) is 0 Å². The number of benzene rings is 2. The number of amides is 2. The van der Waals surface area contributed by atoms with Crippen LogP contribution in [-0.4, -0.2) is 16.8 Å². The van der Waals surface area contributed by atoms with E-state index in [0.29, 0.717) is 11.3 Å². The number of nitrogens with zero attached hydrogens (tertiary/aromatic N) is 2. The molecule has 2 aromatic carbocycles. The Morgan fingerprint density at radius 1 is 0.889 bits per heavy atom. The van der Waals surface area contributed by atoms with Crippen LogP contribution in [0.5, 0.6) is 0 Å². The molecule has 0 aliphatic heterocycles. The van der Waals surface area contributed by atoms with Gasteiger partial charge in [0.15, 0.2) is 0 Å². The van der Waals surface area contributed by atoms with Crippen LogP contribution in [0.25, 0.3) is 0 Å². The Balaban J connectivity index is 1.76. The molecule has 3 aromatic rings. The van der Waals surface area contributed by atoms with Gasteiger partial charge in [0.2, 0.25) is 0 Å². The van der Waals surface area contributed by atoms with Crippen molar-refractivity contribution in [1.29, 1.82) is 5.26 Å². The summed E-state index contributed by atoms with van der Waals surface area (Å²) < 4.78 is 13.7. The summed E-state index contributed by atoms with van der Waals surface area (Å²) in [5.41, 5.74) is 0.837. The predicted molar refractivity (Wildman–Crippen MR) is 97.7 cm³/mol. The lowest BCUT2D eigenvalue weighted by Crippen LogP contribution is -2.19. The molecule has 6 nitrogen and oxygen atoms in total. The summed E-state index contributed by atoms with van der Waals surface area (Å²) in [6.07, 6.45) is 0. The van der Waals surface area contributed by atoms with Gasteiger partial charge in [0.25, 0.3) is 11.8 Å². The molecule has 0 aliphatic carbocycles. The van der Waals surface area contributed by atoms with Gasteiger partial charge in [-0.3, -0.25) is 9.59 Å². The lowest BCUT2D eigenvalue weighted by molar-refractivity contribution is 0.101. The first-order valence-corrected chi connectivity index (χ1v) is 7.91. The summed E-state index contributed by atoms with van der Waals surface area (Å²) in [5.74, 6) is -1.75. The van der Waals surface area contributed by atoms with Gasteiger partial charge in [0.05, 0.1) is 17.3 Å². The second-order valence-corrected chi connectivity index (χ2v) is 5.49. The van der Waals surface area contributed by atoms with E-state index in [2.05, 4.69) is 15.6 Å². The summed E-state index contributed by atoms with van der Waals surface area (Å²) in [4.78, 5) is 28.7. The second kappa shape index (κ2) is 7.89. The fraction of sp³-hybridized carbons (Fsp3) is 0. The molecule has 0 bridgehead atoms. The van der Waals surface area contributed by atoms with Crippen molar-refractivity contribution in [3.8, 4) is 6.07 Å². The average Bonchev–Trinajstić information content (AvgIpc) is 2.70. The third-order valence-electron chi connectivity index (χ3n) is 3.59. The Bertz CT molecular complexity index is 1060. The quantitative estimate of drug-likeness (QED) is 0.743. The van der Waals surface area contributed by atoms with Gasteiger partial charge in [-0.25, -0.2) is 9.37 Å². The Morgan fingerprint density at radius 3 is 2.26 bits per heavy atom. The number of carbonyl (C=O) groups excluding carboxylic acids is 2. The molecule has 27 heavy (non-hydrogen) atoms. The summed E-state index contributed by atoms with van der Waals surface area (Å²) in [7, 11) is 0. The Kier molecular flexibility index (Phi) is 5.19. The van der Waals surface area contributed by atoms with Gasteiger partial charge in [0, 0.05) is 5.69 Å². The Morgan fingerprint density at radius 2 is 1.56 bits per heavy atom. The molecular formula is C20H13FN4O2. The van der Waals surface area contributed by atoms with Crippen molar-refractivity contribution < 1.29 is 14.0 Å². The third-order valence-corrected chi connectivity index (χ3v) is 3.59. The third kappa shape index (κ3) is 4.32. The summed E-state index contributed by atoms with van der Waals surface area (Å²) in [6.45, 7) is 0. The molecule has 0 radical (unpaired) electrons. The zero-order valence-electron chi connectivity index (χ0n) is 13.9. The van der Waals surface area contributed by atoms with Gasteiger partial charge in [-0.05, 0) is 42.5 Å². The number of hydrogen-bond donors (Lipinski definition) is 2. The maximum absolute atomic E-state index is 13.7. The van der Waals surface area contributed by atoms with Crippen LogP contribution in [0.1, 0.15) is 26.5 Å². The molecule has 1 aromatic heterocycles. The van der Waals surface area contributed by atoms with Crippen molar-refractivity contribution in [2.24, 2.45) is 0 Å². The van der Waals surface area contributed by atoms with E-state index in [-0.39, 0.29) is 17.1 Å². The molecule has 7 heteroatoms. The first-order chi connectivity index (χ1) is 13.1. The number of aromatic nitrogens is 1. The molecule has 132 valence electrons. The summed E-state index contributed by atoms with van der Waals surface area (Å²) in [6, 6.07) is 18.5. The van der Waals surface area contributed by atoms with Crippen molar-refractivity contribution in [2.75, 3.05) is 10.6 Å².